The van der Waals surface area contributed by atoms with Crippen molar-refractivity contribution in [2.75, 3.05) is 0 Å². The van der Waals surface area contributed by atoms with Crippen molar-refractivity contribution in [2.24, 2.45) is 0 Å². The highest BCUT2D eigenvalue weighted by molar-refractivity contribution is 14.1. The van der Waals surface area contributed by atoms with Gasteiger partial charge in [0.1, 0.15) is 11.6 Å². The van der Waals surface area contributed by atoms with Crippen LogP contribution in [0.25, 0.3) is 0 Å². The molecule has 1 N–H and O–H groups in total. The number of carbonyl (C=O) groups is 2. The van der Waals surface area contributed by atoms with Crippen LogP contribution < -0.4 is 5.32 Å². The predicted molar refractivity (Wildman–Crippen MR) is 107 cm³/mol. The summed E-state index contributed by atoms with van der Waals surface area (Å²) in [6.07, 6.45) is 0. The third kappa shape index (κ3) is 6.16. The normalized spacial score (nSPS) is 12.7. The minimum Gasteiger partial charge on any atom is -0.458 e. The number of esters is 1. The summed E-state index contributed by atoms with van der Waals surface area (Å²) < 4.78 is 8.12. The standard InChI is InChI=1S/C14H16I3NO3/c1-7(13(20)21-14(2,3)4)18-12(19)9-5-8(15)6-10(16)11(9)17/h5-7H,1-4H3,(H,18,19)/t7-/m1/s1. The average molecular weight is 627 g/mol. The lowest BCUT2D eigenvalue weighted by atomic mass is 10.2. The first kappa shape index (κ1) is 19.4. The maximum Gasteiger partial charge on any atom is 0.328 e. The van der Waals surface area contributed by atoms with Gasteiger partial charge in [-0.2, -0.15) is 0 Å². The molecule has 0 fully saturated rings. The first-order valence-electron chi connectivity index (χ1n) is 6.19. The van der Waals surface area contributed by atoms with E-state index >= 15 is 0 Å². The first-order valence-corrected chi connectivity index (χ1v) is 9.43. The van der Waals surface area contributed by atoms with Crippen molar-refractivity contribution in [1.82, 2.24) is 5.32 Å². The number of carbonyl (C=O) groups excluding carboxylic acids is 2. The SMILES string of the molecule is C[C@@H](NC(=O)c1cc(I)cc(I)c1I)C(=O)OC(C)(C)C. The molecule has 0 heterocycles. The molecule has 4 nitrogen and oxygen atoms in total. The molecular formula is C14H16I3NO3. The van der Waals surface area contributed by atoms with Gasteiger partial charge in [-0.15, -0.1) is 0 Å². The van der Waals surface area contributed by atoms with Crippen molar-refractivity contribution in [3.8, 4) is 0 Å². The molecule has 0 saturated carbocycles. The van der Waals surface area contributed by atoms with Crippen LogP contribution in [0.1, 0.15) is 38.1 Å². The van der Waals surface area contributed by atoms with E-state index in [-0.39, 0.29) is 5.91 Å². The minimum absolute atomic E-state index is 0.269. The molecule has 1 rings (SSSR count). The fraction of sp³-hybridized carbons (Fsp3) is 0.429. The van der Waals surface area contributed by atoms with Gasteiger partial charge in [-0.25, -0.2) is 4.79 Å². The Kier molecular flexibility index (Phi) is 7.16. The number of benzene rings is 1. The molecule has 21 heavy (non-hydrogen) atoms. The minimum atomic E-state index is -0.692. The van der Waals surface area contributed by atoms with E-state index in [1.165, 1.54) is 0 Å². The molecule has 0 aliphatic heterocycles. The number of ether oxygens (including phenoxy) is 1. The van der Waals surface area contributed by atoms with Crippen LogP contribution >= 0.6 is 67.8 Å². The number of halogens is 3. The summed E-state index contributed by atoms with van der Waals surface area (Å²) in [7, 11) is 0. The van der Waals surface area contributed by atoms with Gasteiger partial charge >= 0.3 is 5.97 Å². The highest BCUT2D eigenvalue weighted by atomic mass is 127. The van der Waals surface area contributed by atoms with Crippen LogP contribution in [-0.4, -0.2) is 23.5 Å². The molecule has 1 amide bonds. The first-order chi connectivity index (χ1) is 9.51. The van der Waals surface area contributed by atoms with Gasteiger partial charge in [-0.3, -0.25) is 4.79 Å². The number of hydrogen-bond acceptors (Lipinski definition) is 3. The van der Waals surface area contributed by atoms with E-state index in [4.69, 9.17) is 4.74 Å². The molecule has 0 unspecified atom stereocenters. The van der Waals surface area contributed by atoms with E-state index in [9.17, 15) is 9.59 Å². The second kappa shape index (κ2) is 7.75. The summed E-state index contributed by atoms with van der Waals surface area (Å²) in [5.41, 5.74) is 0.00412. The van der Waals surface area contributed by atoms with E-state index in [0.717, 1.165) is 10.7 Å². The molecule has 0 aromatic heterocycles. The summed E-state index contributed by atoms with van der Waals surface area (Å²) in [5, 5.41) is 2.69. The monoisotopic (exact) mass is 627 g/mol. The van der Waals surface area contributed by atoms with Gasteiger partial charge < -0.3 is 10.1 Å². The van der Waals surface area contributed by atoms with E-state index in [0.29, 0.717) is 5.56 Å². The summed E-state index contributed by atoms with van der Waals surface area (Å²) in [6, 6.07) is 3.11. The van der Waals surface area contributed by atoms with Crippen molar-refractivity contribution in [3.05, 3.63) is 28.4 Å². The smallest absolute Gasteiger partial charge is 0.328 e. The van der Waals surface area contributed by atoms with Gasteiger partial charge in [0.05, 0.1) is 5.56 Å². The fourth-order valence-electron chi connectivity index (χ4n) is 1.44. The maximum atomic E-state index is 12.3. The summed E-state index contributed by atoms with van der Waals surface area (Å²) in [5.74, 6) is -0.708. The van der Waals surface area contributed by atoms with Crippen LogP contribution in [-0.2, 0) is 9.53 Å². The maximum absolute atomic E-state index is 12.3. The summed E-state index contributed by atoms with van der Waals surface area (Å²) in [4.78, 5) is 24.2. The lowest BCUT2D eigenvalue weighted by Gasteiger charge is -2.22. The third-order valence-electron chi connectivity index (χ3n) is 2.35. The molecule has 0 saturated heterocycles. The van der Waals surface area contributed by atoms with Gasteiger partial charge in [0, 0.05) is 10.7 Å². The average Bonchev–Trinajstić information content (AvgIpc) is 2.31. The molecule has 0 aliphatic carbocycles. The molecule has 0 radical (unpaired) electrons. The second-order valence-corrected chi connectivity index (χ2v) is 8.96. The Morgan fingerprint density at radius 2 is 1.76 bits per heavy atom. The second-order valence-electron chi connectivity index (χ2n) is 5.48. The molecule has 1 aromatic rings. The molecule has 0 aliphatic rings. The highest BCUT2D eigenvalue weighted by Gasteiger charge is 2.24. The van der Waals surface area contributed by atoms with E-state index in [1.807, 2.05) is 12.1 Å². The summed E-state index contributed by atoms with van der Waals surface area (Å²) >= 11 is 6.49. The van der Waals surface area contributed by atoms with Gasteiger partial charge in [0.2, 0.25) is 0 Å². The van der Waals surface area contributed by atoms with Crippen LogP contribution in [0.3, 0.4) is 0 Å². The number of rotatable bonds is 3. The topological polar surface area (TPSA) is 55.4 Å². The van der Waals surface area contributed by atoms with E-state index in [1.54, 1.807) is 27.7 Å². The van der Waals surface area contributed by atoms with Crippen molar-refractivity contribution in [1.29, 1.82) is 0 Å². The van der Waals surface area contributed by atoms with Gasteiger partial charge in [-0.1, -0.05) is 0 Å². The van der Waals surface area contributed by atoms with Gasteiger partial charge in [0.15, 0.2) is 0 Å². The Morgan fingerprint density at radius 3 is 2.29 bits per heavy atom. The Hall–Kier alpha value is 0.350. The third-order valence-corrected chi connectivity index (χ3v) is 6.01. The molecule has 0 bridgehead atoms. The lowest BCUT2D eigenvalue weighted by molar-refractivity contribution is -0.156. The van der Waals surface area contributed by atoms with Crippen LogP contribution in [0.2, 0.25) is 0 Å². The van der Waals surface area contributed by atoms with E-state index < -0.39 is 17.6 Å². The fourth-order valence-corrected chi connectivity index (χ4v) is 3.85. The van der Waals surface area contributed by atoms with Crippen LogP contribution in [0.15, 0.2) is 12.1 Å². The van der Waals surface area contributed by atoms with Crippen molar-refractivity contribution >= 4 is 79.6 Å². The molecular weight excluding hydrogens is 611 g/mol. The quantitative estimate of drug-likeness (QED) is 0.314. The zero-order chi connectivity index (χ0) is 16.4. The van der Waals surface area contributed by atoms with Crippen LogP contribution in [0.5, 0.6) is 0 Å². The molecule has 7 heteroatoms. The lowest BCUT2D eigenvalue weighted by Crippen LogP contribution is -2.42. The Labute approximate surface area is 165 Å². The number of nitrogens with one attached hydrogen (secondary N) is 1. The van der Waals surface area contributed by atoms with E-state index in [2.05, 4.69) is 73.1 Å². The van der Waals surface area contributed by atoms with Gasteiger partial charge in [-0.05, 0) is 108 Å². The predicted octanol–water partition coefficient (Wildman–Crippen LogP) is 3.96. The van der Waals surface area contributed by atoms with Gasteiger partial charge in [0.25, 0.3) is 5.91 Å². The highest BCUT2D eigenvalue weighted by Crippen LogP contribution is 2.23. The molecule has 116 valence electrons. The molecule has 1 atom stereocenters. The molecule has 1 aromatic carbocycles. The number of amides is 1. The van der Waals surface area contributed by atoms with Crippen LogP contribution in [0.4, 0.5) is 0 Å². The zero-order valence-electron chi connectivity index (χ0n) is 12.1. The van der Waals surface area contributed by atoms with Crippen molar-refractivity contribution in [3.63, 3.8) is 0 Å². The van der Waals surface area contributed by atoms with Crippen molar-refractivity contribution in [2.45, 2.75) is 39.3 Å². The van der Waals surface area contributed by atoms with Crippen LogP contribution in [0, 0.1) is 10.7 Å². The Morgan fingerprint density at radius 1 is 1.19 bits per heavy atom. The summed E-state index contributed by atoms with van der Waals surface area (Å²) in [6.45, 7) is 7.01. The Bertz CT molecular complexity index is 567. The molecule has 0 spiro atoms. The zero-order valence-corrected chi connectivity index (χ0v) is 18.6. The van der Waals surface area contributed by atoms with Crippen molar-refractivity contribution < 1.29 is 14.3 Å². The Balaban J connectivity index is 2.85. The largest absolute Gasteiger partial charge is 0.458 e. The number of hydrogen-bond donors (Lipinski definition) is 1.